The minimum absolute atomic E-state index is 0.0687. The van der Waals surface area contributed by atoms with Gasteiger partial charge >= 0.3 is 0 Å². The fourth-order valence-electron chi connectivity index (χ4n) is 4.13. The Morgan fingerprint density at radius 2 is 2.03 bits per heavy atom. The van der Waals surface area contributed by atoms with E-state index in [2.05, 4.69) is 31.5 Å². The van der Waals surface area contributed by atoms with Gasteiger partial charge in [-0.2, -0.15) is 0 Å². The van der Waals surface area contributed by atoms with Gasteiger partial charge in [-0.15, -0.1) is 0 Å². The van der Waals surface area contributed by atoms with E-state index in [9.17, 15) is 9.59 Å². The predicted molar refractivity (Wildman–Crippen MR) is 118 cm³/mol. The normalized spacial score (nSPS) is 18.6. The van der Waals surface area contributed by atoms with Crippen molar-refractivity contribution in [2.45, 2.75) is 32.1 Å². The van der Waals surface area contributed by atoms with Crippen LogP contribution in [0.15, 0.2) is 69.6 Å². The third-order valence-electron chi connectivity index (χ3n) is 5.44. The van der Waals surface area contributed by atoms with Gasteiger partial charge in [0.25, 0.3) is 5.91 Å². The molecule has 2 aromatic rings. The summed E-state index contributed by atoms with van der Waals surface area (Å²) in [5.74, 6) is 0.363. The van der Waals surface area contributed by atoms with Crippen LogP contribution in [-0.4, -0.2) is 23.8 Å². The number of carbonyl (C=O) groups excluding carboxylic acids is 2. The molecule has 1 atom stereocenters. The monoisotopic (exact) mass is 467 g/mol. The zero-order valence-electron chi connectivity index (χ0n) is 16.8. The first kappa shape index (κ1) is 20.3. The van der Waals surface area contributed by atoms with E-state index in [1.54, 1.807) is 19.4 Å². The number of ether oxygens (including phenoxy) is 1. The Balaban J connectivity index is 1.81. The van der Waals surface area contributed by atoms with Crippen molar-refractivity contribution < 1.29 is 14.3 Å². The van der Waals surface area contributed by atoms with Crippen molar-refractivity contribution in [1.29, 1.82) is 0 Å². The number of rotatable bonds is 4. The number of para-hydroxylation sites is 1. The first-order valence-electron chi connectivity index (χ1n) is 9.79. The number of allylic oxidation sites excluding steroid dienone is 3. The second kappa shape index (κ2) is 8.44. The summed E-state index contributed by atoms with van der Waals surface area (Å²) in [5, 5.41) is 6.19. The number of halogens is 1. The third kappa shape index (κ3) is 3.77. The lowest BCUT2D eigenvalue weighted by molar-refractivity contribution is -0.116. The average Bonchev–Trinajstić information content (AvgIpc) is 2.74. The minimum Gasteiger partial charge on any atom is -0.496 e. The topological polar surface area (TPSA) is 80.3 Å². The Morgan fingerprint density at radius 3 is 2.77 bits per heavy atom. The maximum Gasteiger partial charge on any atom is 0.255 e. The van der Waals surface area contributed by atoms with Crippen molar-refractivity contribution in [2.24, 2.45) is 0 Å². The SMILES string of the molecule is COc1ccccc1[C@@H]1C(C(=O)Nc2ccc(Br)cn2)=C(C)NC2=C1C(=O)CCC2. The largest absolute Gasteiger partial charge is 0.496 e. The molecule has 2 heterocycles. The number of nitrogens with zero attached hydrogens (tertiary/aromatic N) is 1. The van der Waals surface area contributed by atoms with E-state index in [0.29, 0.717) is 29.1 Å². The molecule has 0 saturated carbocycles. The average molecular weight is 468 g/mol. The maximum absolute atomic E-state index is 13.4. The second-order valence-corrected chi connectivity index (χ2v) is 8.24. The number of hydrogen-bond donors (Lipinski definition) is 2. The van der Waals surface area contributed by atoms with Gasteiger partial charge in [-0.3, -0.25) is 9.59 Å². The molecule has 4 rings (SSSR count). The summed E-state index contributed by atoms with van der Waals surface area (Å²) in [5.41, 5.74) is 3.59. The van der Waals surface area contributed by atoms with E-state index in [1.807, 2.05) is 37.3 Å². The zero-order chi connectivity index (χ0) is 21.3. The number of benzene rings is 1. The molecule has 0 radical (unpaired) electrons. The number of ketones is 1. The molecule has 30 heavy (non-hydrogen) atoms. The standard InChI is InChI=1S/C23H22BrN3O3/c1-13-20(23(29)27-19-11-10-14(24)12-25-19)21(15-6-3-4-9-18(15)30-2)22-16(26-13)7-5-8-17(22)28/h3-4,6,9-12,21,26H,5,7-8H2,1-2H3,(H,25,27,29)/t21-/m1/s1. The Kier molecular flexibility index (Phi) is 5.72. The van der Waals surface area contributed by atoms with Crippen LogP contribution in [0.25, 0.3) is 0 Å². The highest BCUT2D eigenvalue weighted by Gasteiger charge is 2.39. The van der Waals surface area contributed by atoms with Crippen LogP contribution >= 0.6 is 15.9 Å². The molecule has 0 fully saturated rings. The van der Waals surface area contributed by atoms with Gasteiger partial charge in [0.05, 0.1) is 13.0 Å². The molecule has 0 saturated heterocycles. The Hall–Kier alpha value is -2.93. The predicted octanol–water partition coefficient (Wildman–Crippen LogP) is 4.46. The number of pyridine rings is 1. The van der Waals surface area contributed by atoms with Crippen molar-refractivity contribution in [3.8, 4) is 5.75 Å². The molecule has 1 amide bonds. The molecule has 2 N–H and O–H groups in total. The van der Waals surface area contributed by atoms with E-state index in [1.165, 1.54) is 0 Å². The number of methoxy groups -OCH3 is 1. The van der Waals surface area contributed by atoms with Gasteiger partial charge in [0.1, 0.15) is 11.6 Å². The lowest BCUT2D eigenvalue weighted by atomic mass is 9.74. The number of dihydropyridines is 1. The Labute approximate surface area is 183 Å². The van der Waals surface area contributed by atoms with Crippen LogP contribution < -0.4 is 15.4 Å². The molecule has 1 aromatic carbocycles. The molecule has 7 heteroatoms. The van der Waals surface area contributed by atoms with Crippen LogP contribution in [0.2, 0.25) is 0 Å². The maximum atomic E-state index is 13.4. The van der Waals surface area contributed by atoms with Gasteiger partial charge < -0.3 is 15.4 Å². The van der Waals surface area contributed by atoms with Gasteiger partial charge in [0, 0.05) is 45.2 Å². The molecule has 154 valence electrons. The van der Waals surface area contributed by atoms with Crippen LogP contribution in [-0.2, 0) is 9.59 Å². The van der Waals surface area contributed by atoms with Gasteiger partial charge in [0.15, 0.2) is 5.78 Å². The fourth-order valence-corrected chi connectivity index (χ4v) is 4.37. The number of nitrogens with one attached hydrogen (secondary N) is 2. The number of hydrogen-bond acceptors (Lipinski definition) is 5. The van der Waals surface area contributed by atoms with E-state index >= 15 is 0 Å². The number of amides is 1. The van der Waals surface area contributed by atoms with Gasteiger partial charge in [0.2, 0.25) is 0 Å². The number of anilines is 1. The Bertz CT molecular complexity index is 1070. The highest BCUT2D eigenvalue weighted by atomic mass is 79.9. The number of Topliss-reactive ketones (excluding diaryl/α,β-unsaturated/α-hetero) is 1. The number of aromatic nitrogens is 1. The summed E-state index contributed by atoms with van der Waals surface area (Å²) in [6.45, 7) is 1.87. The first-order valence-corrected chi connectivity index (χ1v) is 10.6. The minimum atomic E-state index is -0.499. The van der Waals surface area contributed by atoms with Crippen LogP contribution in [0.5, 0.6) is 5.75 Å². The molecule has 0 spiro atoms. The van der Waals surface area contributed by atoms with Crippen molar-refractivity contribution >= 4 is 33.4 Å². The van der Waals surface area contributed by atoms with Gasteiger partial charge in [-0.05, 0) is 53.9 Å². The molecule has 1 aliphatic heterocycles. The van der Waals surface area contributed by atoms with E-state index < -0.39 is 5.92 Å². The van der Waals surface area contributed by atoms with Gasteiger partial charge in [-0.25, -0.2) is 4.98 Å². The summed E-state index contributed by atoms with van der Waals surface area (Å²) in [6.07, 6.45) is 3.70. The van der Waals surface area contributed by atoms with Crippen LogP contribution in [0.4, 0.5) is 5.82 Å². The summed E-state index contributed by atoms with van der Waals surface area (Å²) >= 11 is 3.35. The highest BCUT2D eigenvalue weighted by molar-refractivity contribution is 9.10. The van der Waals surface area contributed by atoms with E-state index in [-0.39, 0.29) is 11.7 Å². The summed E-state index contributed by atoms with van der Waals surface area (Å²) < 4.78 is 6.41. The third-order valence-corrected chi connectivity index (χ3v) is 5.91. The summed E-state index contributed by atoms with van der Waals surface area (Å²) in [6, 6.07) is 11.1. The van der Waals surface area contributed by atoms with Crippen molar-refractivity contribution in [3.05, 3.63) is 75.2 Å². The number of carbonyl (C=O) groups is 2. The van der Waals surface area contributed by atoms with E-state index in [4.69, 9.17) is 4.74 Å². The molecular formula is C23H22BrN3O3. The summed E-state index contributed by atoms with van der Waals surface area (Å²) in [7, 11) is 1.60. The van der Waals surface area contributed by atoms with Crippen LogP contribution in [0.1, 0.15) is 37.7 Å². The molecule has 6 nitrogen and oxygen atoms in total. The van der Waals surface area contributed by atoms with Crippen LogP contribution in [0, 0.1) is 0 Å². The molecule has 2 aliphatic rings. The molecular weight excluding hydrogens is 446 g/mol. The van der Waals surface area contributed by atoms with E-state index in [0.717, 1.165) is 34.3 Å². The fraction of sp³-hybridized carbons (Fsp3) is 0.261. The molecule has 1 aromatic heterocycles. The van der Waals surface area contributed by atoms with Crippen molar-refractivity contribution in [3.63, 3.8) is 0 Å². The van der Waals surface area contributed by atoms with Crippen LogP contribution in [0.3, 0.4) is 0 Å². The molecule has 1 aliphatic carbocycles. The van der Waals surface area contributed by atoms with Crippen molar-refractivity contribution in [1.82, 2.24) is 10.3 Å². The van der Waals surface area contributed by atoms with Gasteiger partial charge in [-0.1, -0.05) is 18.2 Å². The lowest BCUT2D eigenvalue weighted by Crippen LogP contribution is -2.35. The van der Waals surface area contributed by atoms with Crippen molar-refractivity contribution in [2.75, 3.05) is 12.4 Å². The second-order valence-electron chi connectivity index (χ2n) is 7.32. The Morgan fingerprint density at radius 1 is 1.23 bits per heavy atom. The summed E-state index contributed by atoms with van der Waals surface area (Å²) in [4.78, 5) is 30.6. The zero-order valence-corrected chi connectivity index (χ0v) is 18.4. The quantitative estimate of drug-likeness (QED) is 0.693. The highest BCUT2D eigenvalue weighted by Crippen LogP contribution is 2.45. The smallest absolute Gasteiger partial charge is 0.255 e. The molecule has 0 bridgehead atoms. The lowest BCUT2D eigenvalue weighted by Gasteiger charge is -2.35. The first-order chi connectivity index (χ1) is 14.5. The molecule has 0 unspecified atom stereocenters.